The molecule has 3 aromatic heterocycles. The van der Waals surface area contributed by atoms with Gasteiger partial charge in [0.05, 0.1) is 17.4 Å². The van der Waals surface area contributed by atoms with Gasteiger partial charge in [-0.15, -0.1) is 0 Å². The lowest BCUT2D eigenvalue weighted by Gasteiger charge is -2.04. The molecule has 0 fully saturated rings. The number of fused-ring (bicyclic) bond motifs is 1. The van der Waals surface area contributed by atoms with E-state index in [4.69, 9.17) is 4.42 Å². The van der Waals surface area contributed by atoms with Crippen LogP contribution in [0.3, 0.4) is 0 Å². The van der Waals surface area contributed by atoms with Gasteiger partial charge in [-0.3, -0.25) is 4.98 Å². The fourth-order valence-corrected chi connectivity index (χ4v) is 2.37. The number of benzene rings is 1. The van der Waals surface area contributed by atoms with Gasteiger partial charge in [-0.1, -0.05) is 24.3 Å². The molecule has 0 aliphatic heterocycles. The minimum absolute atomic E-state index is 0.416. The predicted molar refractivity (Wildman–Crippen MR) is 82.8 cm³/mol. The summed E-state index contributed by atoms with van der Waals surface area (Å²) >= 11 is 0. The predicted octanol–water partition coefficient (Wildman–Crippen LogP) is 3.04. The molecule has 4 rings (SSSR count). The molecule has 5 nitrogen and oxygen atoms in total. The molecular formula is C17H11N3O2. The number of hydrogen-bond acceptors (Lipinski definition) is 4. The van der Waals surface area contributed by atoms with E-state index in [0.717, 1.165) is 5.69 Å². The maximum absolute atomic E-state index is 12.2. The lowest BCUT2D eigenvalue weighted by atomic mass is 10.2. The minimum atomic E-state index is -0.416. The molecule has 4 aromatic rings. The molecule has 0 amide bonds. The highest BCUT2D eigenvalue weighted by Gasteiger charge is 2.12. The maximum Gasteiger partial charge on any atom is 0.347 e. The van der Waals surface area contributed by atoms with Crippen LogP contribution in [0.2, 0.25) is 0 Å². The van der Waals surface area contributed by atoms with Crippen LogP contribution in [0.15, 0.2) is 76.2 Å². The molecule has 0 N–H and O–H groups in total. The van der Waals surface area contributed by atoms with Gasteiger partial charge in [0.25, 0.3) is 0 Å². The zero-order valence-corrected chi connectivity index (χ0v) is 11.5. The third-order valence-corrected chi connectivity index (χ3v) is 3.41. The van der Waals surface area contributed by atoms with Gasteiger partial charge < -0.3 is 4.42 Å². The Kier molecular flexibility index (Phi) is 2.83. The summed E-state index contributed by atoms with van der Waals surface area (Å²) in [7, 11) is 0. The average Bonchev–Trinajstić information content (AvgIpc) is 3.01. The average molecular weight is 289 g/mol. The lowest BCUT2D eigenvalue weighted by molar-refractivity contribution is 0.532. The first-order valence-corrected chi connectivity index (χ1v) is 6.81. The molecule has 0 aliphatic rings. The fraction of sp³-hybridized carbons (Fsp3) is 0. The first-order valence-electron chi connectivity index (χ1n) is 6.81. The van der Waals surface area contributed by atoms with Crippen molar-refractivity contribution in [1.82, 2.24) is 14.8 Å². The highest BCUT2D eigenvalue weighted by Crippen LogP contribution is 2.22. The van der Waals surface area contributed by atoms with Gasteiger partial charge in [0.2, 0.25) is 0 Å². The van der Waals surface area contributed by atoms with Crippen molar-refractivity contribution in [2.45, 2.75) is 0 Å². The second-order valence-electron chi connectivity index (χ2n) is 4.80. The van der Waals surface area contributed by atoms with Crippen LogP contribution in [0, 0.1) is 0 Å². The summed E-state index contributed by atoms with van der Waals surface area (Å²) in [5.74, 6) is 0.427. The zero-order chi connectivity index (χ0) is 14.9. The molecule has 5 heteroatoms. The van der Waals surface area contributed by atoms with Crippen LogP contribution in [-0.2, 0) is 0 Å². The van der Waals surface area contributed by atoms with E-state index < -0.39 is 5.63 Å². The van der Waals surface area contributed by atoms with Crippen molar-refractivity contribution in [3.05, 3.63) is 77.4 Å². The molecule has 0 aliphatic carbocycles. The second kappa shape index (κ2) is 4.96. The summed E-state index contributed by atoms with van der Waals surface area (Å²) in [4.78, 5) is 16.4. The van der Waals surface area contributed by atoms with E-state index >= 15 is 0 Å². The van der Waals surface area contributed by atoms with E-state index in [1.807, 2.05) is 42.5 Å². The maximum atomic E-state index is 12.2. The Morgan fingerprint density at radius 3 is 2.59 bits per heavy atom. The fourth-order valence-electron chi connectivity index (χ4n) is 2.37. The van der Waals surface area contributed by atoms with E-state index in [2.05, 4.69) is 10.1 Å². The molecule has 22 heavy (non-hydrogen) atoms. The van der Waals surface area contributed by atoms with E-state index in [9.17, 15) is 4.79 Å². The molecule has 0 bridgehead atoms. The van der Waals surface area contributed by atoms with Gasteiger partial charge >= 0.3 is 5.63 Å². The Morgan fingerprint density at radius 1 is 1.00 bits per heavy atom. The second-order valence-corrected chi connectivity index (χ2v) is 4.80. The van der Waals surface area contributed by atoms with Crippen molar-refractivity contribution >= 4 is 10.9 Å². The van der Waals surface area contributed by atoms with Crippen LogP contribution in [0.5, 0.6) is 0 Å². The topological polar surface area (TPSA) is 60.9 Å². The number of aromatic nitrogens is 3. The van der Waals surface area contributed by atoms with Crippen molar-refractivity contribution in [2.75, 3.05) is 0 Å². The van der Waals surface area contributed by atoms with E-state index in [1.54, 1.807) is 23.0 Å². The summed E-state index contributed by atoms with van der Waals surface area (Å²) in [6.45, 7) is 0. The molecule has 0 atom stereocenters. The Labute approximate surface area is 125 Å². The van der Waals surface area contributed by atoms with Gasteiger partial charge in [0.15, 0.2) is 5.76 Å². The van der Waals surface area contributed by atoms with Gasteiger partial charge in [-0.25, -0.2) is 9.48 Å². The Hall–Kier alpha value is -3.21. The highest BCUT2D eigenvalue weighted by molar-refractivity contribution is 5.81. The molecule has 0 unspecified atom stereocenters. The number of pyridine rings is 1. The molecule has 1 aromatic carbocycles. The quantitative estimate of drug-likeness (QED) is 0.569. The first kappa shape index (κ1) is 12.5. The standard InChI is InChI=1S/C17H11N3O2/c21-17-13-11-19-20(12-6-2-1-3-7-12)15(13)10-16(22-17)14-8-4-5-9-18-14/h1-11H. The van der Waals surface area contributed by atoms with Crippen molar-refractivity contribution in [1.29, 1.82) is 0 Å². The third-order valence-electron chi connectivity index (χ3n) is 3.41. The summed E-state index contributed by atoms with van der Waals surface area (Å²) in [6, 6.07) is 16.9. The highest BCUT2D eigenvalue weighted by atomic mass is 16.4. The van der Waals surface area contributed by atoms with Crippen molar-refractivity contribution in [3.8, 4) is 17.1 Å². The van der Waals surface area contributed by atoms with E-state index in [-0.39, 0.29) is 0 Å². The number of nitrogens with zero attached hydrogens (tertiary/aromatic N) is 3. The van der Waals surface area contributed by atoms with Crippen molar-refractivity contribution < 1.29 is 4.42 Å². The van der Waals surface area contributed by atoms with Gasteiger partial charge in [-0.2, -0.15) is 5.10 Å². The van der Waals surface area contributed by atoms with E-state index in [1.165, 1.54) is 6.20 Å². The SMILES string of the molecule is O=c1oc(-c2ccccn2)cc2c1cnn2-c1ccccc1. The van der Waals surface area contributed by atoms with E-state index in [0.29, 0.717) is 22.4 Å². The largest absolute Gasteiger partial charge is 0.420 e. The Bertz CT molecular complexity index is 989. The molecule has 0 spiro atoms. The minimum Gasteiger partial charge on any atom is -0.420 e. The van der Waals surface area contributed by atoms with Crippen LogP contribution in [-0.4, -0.2) is 14.8 Å². The van der Waals surface area contributed by atoms with Crippen molar-refractivity contribution in [2.24, 2.45) is 0 Å². The molecule has 3 heterocycles. The van der Waals surface area contributed by atoms with Crippen LogP contribution < -0.4 is 5.63 Å². The number of hydrogen-bond donors (Lipinski definition) is 0. The normalized spacial score (nSPS) is 10.9. The van der Waals surface area contributed by atoms with Crippen LogP contribution in [0.1, 0.15) is 0 Å². The monoisotopic (exact) mass is 289 g/mol. The smallest absolute Gasteiger partial charge is 0.347 e. The Balaban J connectivity index is 1.99. The van der Waals surface area contributed by atoms with Crippen LogP contribution in [0.4, 0.5) is 0 Å². The molecule has 106 valence electrons. The summed E-state index contributed by atoms with van der Waals surface area (Å²) in [5.41, 5.74) is 1.78. The lowest BCUT2D eigenvalue weighted by Crippen LogP contribution is -2.02. The Morgan fingerprint density at radius 2 is 1.82 bits per heavy atom. The molecule has 0 saturated carbocycles. The summed E-state index contributed by atoms with van der Waals surface area (Å²) in [5, 5.41) is 4.75. The number of para-hydroxylation sites is 1. The molecule has 0 saturated heterocycles. The van der Waals surface area contributed by atoms with Gasteiger partial charge in [0, 0.05) is 12.3 Å². The molecular weight excluding hydrogens is 278 g/mol. The van der Waals surface area contributed by atoms with Crippen LogP contribution in [0.25, 0.3) is 28.0 Å². The first-order chi connectivity index (χ1) is 10.8. The summed E-state index contributed by atoms with van der Waals surface area (Å²) in [6.07, 6.45) is 3.18. The number of rotatable bonds is 2. The van der Waals surface area contributed by atoms with Gasteiger partial charge in [0.1, 0.15) is 11.1 Å². The van der Waals surface area contributed by atoms with Crippen LogP contribution >= 0.6 is 0 Å². The summed E-state index contributed by atoms with van der Waals surface area (Å²) < 4.78 is 7.08. The molecule has 0 radical (unpaired) electrons. The van der Waals surface area contributed by atoms with Gasteiger partial charge in [-0.05, 0) is 24.3 Å². The van der Waals surface area contributed by atoms with Crippen molar-refractivity contribution in [3.63, 3.8) is 0 Å². The third kappa shape index (κ3) is 2.00. The zero-order valence-electron chi connectivity index (χ0n) is 11.5.